The Bertz CT molecular complexity index is 949. The van der Waals surface area contributed by atoms with Crippen LogP contribution in [-0.4, -0.2) is 38.7 Å². The Balaban J connectivity index is 1.54. The van der Waals surface area contributed by atoms with Gasteiger partial charge in [0.15, 0.2) is 0 Å². The molecule has 1 amide bonds. The van der Waals surface area contributed by atoms with Gasteiger partial charge in [0.2, 0.25) is 5.91 Å². The van der Waals surface area contributed by atoms with E-state index in [4.69, 9.17) is 4.74 Å². The molecule has 0 bridgehead atoms. The van der Waals surface area contributed by atoms with Crippen LogP contribution in [0.15, 0.2) is 60.9 Å². The first kappa shape index (κ1) is 19.0. The molecule has 28 heavy (non-hydrogen) atoms. The van der Waals surface area contributed by atoms with Crippen molar-refractivity contribution >= 4 is 23.6 Å². The number of tetrazole rings is 1. The lowest BCUT2D eigenvalue weighted by atomic mass is 10.1. The van der Waals surface area contributed by atoms with Gasteiger partial charge in [0, 0.05) is 11.8 Å². The molecule has 2 aromatic carbocycles. The number of nitrogens with one attached hydrogen (secondary N) is 1. The SMILES string of the molecule is CCOC(=O)/C=C/c1ccc(NC(=O)Cc2ccc(-n3cnnn3)cc2)cc1. The van der Waals surface area contributed by atoms with Crippen LogP contribution in [0.2, 0.25) is 0 Å². The highest BCUT2D eigenvalue weighted by molar-refractivity contribution is 5.92. The molecule has 0 aliphatic heterocycles. The van der Waals surface area contributed by atoms with Crippen LogP contribution >= 0.6 is 0 Å². The quantitative estimate of drug-likeness (QED) is 0.501. The first-order valence-electron chi connectivity index (χ1n) is 8.71. The average Bonchev–Trinajstić information content (AvgIpc) is 3.23. The van der Waals surface area contributed by atoms with E-state index in [1.165, 1.54) is 12.4 Å². The van der Waals surface area contributed by atoms with Gasteiger partial charge in [-0.3, -0.25) is 4.79 Å². The first-order valence-corrected chi connectivity index (χ1v) is 8.71. The van der Waals surface area contributed by atoms with Gasteiger partial charge in [-0.2, -0.15) is 0 Å². The van der Waals surface area contributed by atoms with Crippen LogP contribution in [-0.2, 0) is 20.7 Å². The molecule has 0 atom stereocenters. The van der Waals surface area contributed by atoms with E-state index in [1.807, 2.05) is 36.4 Å². The summed E-state index contributed by atoms with van der Waals surface area (Å²) in [5.74, 6) is -0.504. The molecule has 1 aromatic heterocycles. The normalized spacial score (nSPS) is 10.8. The highest BCUT2D eigenvalue weighted by atomic mass is 16.5. The van der Waals surface area contributed by atoms with Crippen molar-refractivity contribution in [2.75, 3.05) is 11.9 Å². The van der Waals surface area contributed by atoms with E-state index in [2.05, 4.69) is 20.8 Å². The third-order valence-electron chi connectivity index (χ3n) is 3.81. The summed E-state index contributed by atoms with van der Waals surface area (Å²) in [5, 5.41) is 13.9. The van der Waals surface area contributed by atoms with Crippen LogP contribution in [0.3, 0.4) is 0 Å². The van der Waals surface area contributed by atoms with E-state index in [0.717, 1.165) is 16.8 Å². The number of benzene rings is 2. The average molecular weight is 377 g/mol. The minimum atomic E-state index is -0.383. The Hall–Kier alpha value is -3.81. The molecule has 0 saturated carbocycles. The Morgan fingerprint density at radius 2 is 1.86 bits per heavy atom. The Morgan fingerprint density at radius 1 is 1.11 bits per heavy atom. The molecule has 8 heteroatoms. The molecule has 3 aromatic rings. The zero-order valence-electron chi connectivity index (χ0n) is 15.3. The maximum atomic E-state index is 12.2. The molecule has 0 aliphatic rings. The number of esters is 1. The van der Waals surface area contributed by atoms with Crippen LogP contribution in [0.25, 0.3) is 11.8 Å². The van der Waals surface area contributed by atoms with Gasteiger partial charge in [0.1, 0.15) is 6.33 Å². The van der Waals surface area contributed by atoms with Gasteiger partial charge in [-0.05, 0) is 58.8 Å². The standard InChI is InChI=1S/C20H19N5O3/c1-2-28-20(27)12-7-15-3-8-17(9-4-15)22-19(26)13-16-5-10-18(11-6-16)25-14-21-23-24-25/h3-12,14H,2,13H2,1H3,(H,22,26)/b12-7+. The van der Waals surface area contributed by atoms with Crippen molar-refractivity contribution in [3.8, 4) is 5.69 Å². The Kier molecular flexibility index (Phi) is 6.25. The van der Waals surface area contributed by atoms with Gasteiger partial charge in [0.05, 0.1) is 18.7 Å². The number of aromatic nitrogens is 4. The zero-order chi connectivity index (χ0) is 19.8. The molecule has 0 unspecified atom stereocenters. The maximum absolute atomic E-state index is 12.2. The van der Waals surface area contributed by atoms with Gasteiger partial charge >= 0.3 is 5.97 Å². The summed E-state index contributed by atoms with van der Waals surface area (Å²) < 4.78 is 6.37. The van der Waals surface area contributed by atoms with E-state index in [9.17, 15) is 9.59 Å². The van der Waals surface area contributed by atoms with E-state index in [1.54, 1.807) is 29.8 Å². The summed E-state index contributed by atoms with van der Waals surface area (Å²) in [6, 6.07) is 14.6. The lowest BCUT2D eigenvalue weighted by Gasteiger charge is -2.06. The number of ether oxygens (including phenoxy) is 1. The zero-order valence-corrected chi connectivity index (χ0v) is 15.3. The maximum Gasteiger partial charge on any atom is 0.330 e. The van der Waals surface area contributed by atoms with Gasteiger partial charge < -0.3 is 10.1 Å². The van der Waals surface area contributed by atoms with Gasteiger partial charge in [-0.1, -0.05) is 24.3 Å². The van der Waals surface area contributed by atoms with Crippen molar-refractivity contribution in [3.63, 3.8) is 0 Å². The molecule has 1 N–H and O–H groups in total. The number of carbonyl (C=O) groups excluding carboxylic acids is 2. The molecule has 8 nitrogen and oxygen atoms in total. The summed E-state index contributed by atoms with van der Waals surface area (Å²) in [7, 11) is 0. The van der Waals surface area contributed by atoms with Crippen LogP contribution in [0.5, 0.6) is 0 Å². The molecule has 0 saturated heterocycles. The van der Waals surface area contributed by atoms with Crippen LogP contribution < -0.4 is 5.32 Å². The highest BCUT2D eigenvalue weighted by Gasteiger charge is 2.05. The van der Waals surface area contributed by atoms with Crippen molar-refractivity contribution < 1.29 is 14.3 Å². The Labute approximate surface area is 161 Å². The molecule has 1 heterocycles. The minimum absolute atomic E-state index is 0.120. The summed E-state index contributed by atoms with van der Waals surface area (Å²) >= 11 is 0. The predicted molar refractivity (Wildman–Crippen MR) is 104 cm³/mol. The van der Waals surface area contributed by atoms with Crippen LogP contribution in [0, 0.1) is 0 Å². The largest absolute Gasteiger partial charge is 0.463 e. The summed E-state index contributed by atoms with van der Waals surface area (Å²) in [4.78, 5) is 23.6. The molecule has 3 rings (SSSR count). The molecule has 0 fully saturated rings. The van der Waals surface area contributed by atoms with Gasteiger partial charge in [0.25, 0.3) is 0 Å². The third kappa shape index (κ3) is 5.34. The Morgan fingerprint density at radius 3 is 2.50 bits per heavy atom. The summed E-state index contributed by atoms with van der Waals surface area (Å²) in [6.07, 6.45) is 4.79. The second kappa shape index (κ2) is 9.22. The molecular weight excluding hydrogens is 358 g/mol. The molecule has 142 valence electrons. The van der Waals surface area contributed by atoms with Crippen molar-refractivity contribution in [1.82, 2.24) is 20.2 Å². The minimum Gasteiger partial charge on any atom is -0.463 e. The molecule has 0 spiro atoms. The van der Waals surface area contributed by atoms with Crippen LogP contribution in [0.4, 0.5) is 5.69 Å². The van der Waals surface area contributed by atoms with E-state index in [-0.39, 0.29) is 18.3 Å². The number of nitrogens with zero attached hydrogens (tertiary/aromatic N) is 4. The highest BCUT2D eigenvalue weighted by Crippen LogP contribution is 2.13. The third-order valence-corrected chi connectivity index (χ3v) is 3.81. The monoisotopic (exact) mass is 377 g/mol. The second-order valence-corrected chi connectivity index (χ2v) is 5.85. The number of anilines is 1. The van der Waals surface area contributed by atoms with Crippen molar-refractivity contribution in [3.05, 3.63) is 72.1 Å². The van der Waals surface area contributed by atoms with E-state index >= 15 is 0 Å². The second-order valence-electron chi connectivity index (χ2n) is 5.85. The van der Waals surface area contributed by atoms with Crippen LogP contribution in [0.1, 0.15) is 18.1 Å². The van der Waals surface area contributed by atoms with E-state index in [0.29, 0.717) is 12.3 Å². The fourth-order valence-corrected chi connectivity index (χ4v) is 2.47. The number of hydrogen-bond donors (Lipinski definition) is 1. The van der Waals surface area contributed by atoms with Gasteiger partial charge in [-0.25, -0.2) is 9.48 Å². The van der Waals surface area contributed by atoms with Crippen molar-refractivity contribution in [2.24, 2.45) is 0 Å². The molecule has 0 radical (unpaired) electrons. The van der Waals surface area contributed by atoms with E-state index < -0.39 is 0 Å². The molecule has 0 aliphatic carbocycles. The summed E-state index contributed by atoms with van der Waals surface area (Å²) in [6.45, 7) is 2.10. The lowest BCUT2D eigenvalue weighted by molar-refractivity contribution is -0.137. The first-order chi connectivity index (χ1) is 13.6. The van der Waals surface area contributed by atoms with Crippen molar-refractivity contribution in [2.45, 2.75) is 13.3 Å². The lowest BCUT2D eigenvalue weighted by Crippen LogP contribution is -2.14. The summed E-state index contributed by atoms with van der Waals surface area (Å²) in [5.41, 5.74) is 3.22. The van der Waals surface area contributed by atoms with Gasteiger partial charge in [-0.15, -0.1) is 5.10 Å². The molecular formula is C20H19N5O3. The fourth-order valence-electron chi connectivity index (χ4n) is 2.47. The number of amides is 1. The number of carbonyl (C=O) groups is 2. The smallest absolute Gasteiger partial charge is 0.330 e. The number of rotatable bonds is 7. The topological polar surface area (TPSA) is 99.0 Å². The number of hydrogen-bond acceptors (Lipinski definition) is 6. The van der Waals surface area contributed by atoms with Crippen molar-refractivity contribution in [1.29, 1.82) is 0 Å². The predicted octanol–water partition coefficient (Wildman–Crippen LogP) is 2.42. The fraction of sp³-hybridized carbons (Fsp3) is 0.150.